The fourth-order valence-electron chi connectivity index (χ4n) is 2.11. The average Bonchev–Trinajstić information content (AvgIpc) is 2.60. The molecule has 24 heavy (non-hydrogen) atoms. The number of carbonyl (C=O) groups is 1. The zero-order valence-corrected chi connectivity index (χ0v) is 15.3. The number of amides is 2. The van der Waals surface area contributed by atoms with Crippen molar-refractivity contribution in [3.63, 3.8) is 0 Å². The summed E-state index contributed by atoms with van der Waals surface area (Å²) in [5.74, 6) is 1.42. The summed E-state index contributed by atoms with van der Waals surface area (Å²) >= 11 is 3.37. The van der Waals surface area contributed by atoms with Crippen molar-refractivity contribution in [3.05, 3.63) is 46.4 Å². The second kappa shape index (κ2) is 8.44. The molecule has 0 atom stereocenters. The molecule has 0 saturated heterocycles. The van der Waals surface area contributed by atoms with Crippen LogP contribution in [0.2, 0.25) is 0 Å². The van der Waals surface area contributed by atoms with Gasteiger partial charge in [0.1, 0.15) is 0 Å². The van der Waals surface area contributed by atoms with E-state index in [2.05, 4.69) is 26.6 Å². The fraction of sp³-hybridized carbons (Fsp3) is 0.235. The van der Waals surface area contributed by atoms with Crippen LogP contribution in [-0.4, -0.2) is 27.4 Å². The minimum absolute atomic E-state index is 0.327. The van der Waals surface area contributed by atoms with Gasteiger partial charge in [0.25, 0.3) is 0 Å². The summed E-state index contributed by atoms with van der Waals surface area (Å²) in [6.07, 6.45) is 0. The molecule has 0 fully saturated rings. The van der Waals surface area contributed by atoms with E-state index in [-0.39, 0.29) is 6.03 Å². The number of benzene rings is 2. The molecule has 0 heterocycles. The van der Waals surface area contributed by atoms with Gasteiger partial charge in [0.05, 0.1) is 27.0 Å². The van der Waals surface area contributed by atoms with Crippen LogP contribution in [0.5, 0.6) is 17.2 Å². The number of hydrogen-bond donors (Lipinski definition) is 2. The lowest BCUT2D eigenvalue weighted by molar-refractivity contribution is 0.251. The van der Waals surface area contributed by atoms with Crippen LogP contribution in [0.25, 0.3) is 0 Å². The minimum Gasteiger partial charge on any atom is -0.493 e. The minimum atomic E-state index is -0.327. The van der Waals surface area contributed by atoms with Crippen molar-refractivity contribution in [2.24, 2.45) is 0 Å². The number of rotatable bonds is 6. The number of urea groups is 1. The third-order valence-electron chi connectivity index (χ3n) is 3.29. The highest BCUT2D eigenvalue weighted by Gasteiger charge is 2.14. The van der Waals surface area contributed by atoms with Crippen molar-refractivity contribution in [1.82, 2.24) is 5.32 Å². The molecule has 0 unspecified atom stereocenters. The molecule has 7 heteroatoms. The van der Waals surface area contributed by atoms with Crippen LogP contribution in [0.4, 0.5) is 10.5 Å². The first kappa shape index (κ1) is 17.9. The van der Waals surface area contributed by atoms with Crippen LogP contribution in [0, 0.1) is 0 Å². The van der Waals surface area contributed by atoms with Gasteiger partial charge in [-0.1, -0.05) is 28.1 Å². The molecule has 0 radical (unpaired) electrons. The molecule has 6 nitrogen and oxygen atoms in total. The lowest BCUT2D eigenvalue weighted by Crippen LogP contribution is -2.28. The van der Waals surface area contributed by atoms with E-state index >= 15 is 0 Å². The molecule has 2 N–H and O–H groups in total. The van der Waals surface area contributed by atoms with Crippen molar-refractivity contribution >= 4 is 27.6 Å². The number of methoxy groups -OCH3 is 3. The highest BCUT2D eigenvalue weighted by Crippen LogP contribution is 2.39. The largest absolute Gasteiger partial charge is 0.493 e. The lowest BCUT2D eigenvalue weighted by Gasteiger charge is -2.15. The van der Waals surface area contributed by atoms with Crippen LogP contribution in [0.3, 0.4) is 0 Å². The van der Waals surface area contributed by atoms with Gasteiger partial charge in [0.2, 0.25) is 5.75 Å². The summed E-state index contributed by atoms with van der Waals surface area (Å²) in [6, 6.07) is 10.7. The van der Waals surface area contributed by atoms with E-state index in [4.69, 9.17) is 14.2 Å². The van der Waals surface area contributed by atoms with Gasteiger partial charge >= 0.3 is 6.03 Å². The van der Waals surface area contributed by atoms with Crippen molar-refractivity contribution in [2.75, 3.05) is 26.6 Å². The molecule has 0 aliphatic rings. The Morgan fingerprint density at radius 2 is 1.58 bits per heavy atom. The molecule has 0 aliphatic heterocycles. The number of ether oxygens (including phenoxy) is 3. The number of carbonyl (C=O) groups excluding carboxylic acids is 1. The summed E-state index contributed by atoms with van der Waals surface area (Å²) < 4.78 is 16.8. The van der Waals surface area contributed by atoms with Crippen LogP contribution in [0.15, 0.2) is 40.9 Å². The Labute approximate surface area is 149 Å². The standard InChI is InChI=1S/C17H19BrN2O4/c1-22-14-8-13(9-15(23-2)16(14)24-3)20-17(21)19-10-11-4-6-12(18)7-5-11/h4-9H,10H2,1-3H3,(H2,19,20,21). The zero-order valence-electron chi connectivity index (χ0n) is 13.7. The Kier molecular flexibility index (Phi) is 6.31. The fourth-order valence-corrected chi connectivity index (χ4v) is 2.38. The van der Waals surface area contributed by atoms with E-state index < -0.39 is 0 Å². The molecule has 0 spiro atoms. The number of anilines is 1. The quantitative estimate of drug-likeness (QED) is 0.781. The number of halogens is 1. The van der Waals surface area contributed by atoms with Gasteiger partial charge < -0.3 is 24.8 Å². The smallest absolute Gasteiger partial charge is 0.319 e. The van der Waals surface area contributed by atoms with Gasteiger partial charge in [0.15, 0.2) is 11.5 Å². The van der Waals surface area contributed by atoms with E-state index in [0.717, 1.165) is 10.0 Å². The van der Waals surface area contributed by atoms with E-state index in [1.54, 1.807) is 12.1 Å². The second-order valence-corrected chi connectivity index (χ2v) is 5.76. The predicted octanol–water partition coefficient (Wildman–Crippen LogP) is 3.80. The molecule has 2 aromatic carbocycles. The van der Waals surface area contributed by atoms with Gasteiger partial charge in [-0.25, -0.2) is 4.79 Å². The molecule has 128 valence electrons. The third-order valence-corrected chi connectivity index (χ3v) is 3.82. The van der Waals surface area contributed by atoms with Crippen LogP contribution in [-0.2, 0) is 6.54 Å². The Hall–Kier alpha value is -2.41. The molecular weight excluding hydrogens is 376 g/mol. The summed E-state index contributed by atoms with van der Waals surface area (Å²) in [4.78, 5) is 12.1. The normalized spacial score (nSPS) is 10.0. The molecule has 2 aromatic rings. The first-order chi connectivity index (χ1) is 11.6. The van der Waals surface area contributed by atoms with Gasteiger partial charge in [-0.15, -0.1) is 0 Å². The molecule has 0 aliphatic carbocycles. The Bertz CT molecular complexity index is 679. The summed E-state index contributed by atoms with van der Waals surface area (Å²) in [7, 11) is 4.57. The second-order valence-electron chi connectivity index (χ2n) is 4.85. The lowest BCUT2D eigenvalue weighted by atomic mass is 10.2. The maximum atomic E-state index is 12.1. The van der Waals surface area contributed by atoms with Crippen molar-refractivity contribution in [2.45, 2.75) is 6.54 Å². The average molecular weight is 395 g/mol. The Morgan fingerprint density at radius 3 is 2.08 bits per heavy atom. The predicted molar refractivity (Wildman–Crippen MR) is 96.1 cm³/mol. The van der Waals surface area contributed by atoms with Gasteiger partial charge in [-0.2, -0.15) is 0 Å². The first-order valence-electron chi connectivity index (χ1n) is 7.16. The number of nitrogens with one attached hydrogen (secondary N) is 2. The van der Waals surface area contributed by atoms with Crippen molar-refractivity contribution < 1.29 is 19.0 Å². The molecule has 2 rings (SSSR count). The van der Waals surface area contributed by atoms with E-state index in [1.165, 1.54) is 21.3 Å². The SMILES string of the molecule is COc1cc(NC(=O)NCc2ccc(Br)cc2)cc(OC)c1OC. The van der Waals surface area contributed by atoms with E-state index in [9.17, 15) is 4.79 Å². The highest BCUT2D eigenvalue weighted by molar-refractivity contribution is 9.10. The van der Waals surface area contributed by atoms with Crippen molar-refractivity contribution in [1.29, 1.82) is 0 Å². The monoisotopic (exact) mass is 394 g/mol. The van der Waals surface area contributed by atoms with Crippen LogP contribution in [0.1, 0.15) is 5.56 Å². The maximum absolute atomic E-state index is 12.1. The Balaban J connectivity index is 2.04. The topological polar surface area (TPSA) is 68.8 Å². The summed E-state index contributed by atoms with van der Waals surface area (Å²) in [6.45, 7) is 0.420. The first-order valence-corrected chi connectivity index (χ1v) is 7.96. The number of hydrogen-bond acceptors (Lipinski definition) is 4. The third kappa shape index (κ3) is 4.55. The zero-order chi connectivity index (χ0) is 17.5. The van der Waals surface area contributed by atoms with Crippen LogP contribution >= 0.6 is 15.9 Å². The molecule has 2 amide bonds. The molecule has 0 aromatic heterocycles. The van der Waals surface area contributed by atoms with Crippen molar-refractivity contribution in [3.8, 4) is 17.2 Å². The van der Waals surface area contributed by atoms with Crippen LogP contribution < -0.4 is 24.8 Å². The van der Waals surface area contributed by atoms with Gasteiger partial charge in [-0.3, -0.25) is 0 Å². The van der Waals surface area contributed by atoms with Gasteiger partial charge in [0, 0.05) is 23.2 Å². The molecule has 0 bridgehead atoms. The Morgan fingerprint density at radius 1 is 1.00 bits per heavy atom. The molecule has 0 saturated carbocycles. The summed E-state index contributed by atoms with van der Waals surface area (Å²) in [5, 5.41) is 5.54. The van der Waals surface area contributed by atoms with E-state index in [0.29, 0.717) is 29.5 Å². The maximum Gasteiger partial charge on any atom is 0.319 e. The van der Waals surface area contributed by atoms with Gasteiger partial charge in [-0.05, 0) is 17.7 Å². The highest BCUT2D eigenvalue weighted by atomic mass is 79.9. The van der Waals surface area contributed by atoms with E-state index in [1.807, 2.05) is 24.3 Å². The summed E-state index contributed by atoms with van der Waals surface area (Å²) in [5.41, 5.74) is 1.54. The molecular formula is C17H19BrN2O4.